The molecule has 1 aliphatic rings. The second-order valence-corrected chi connectivity index (χ2v) is 6.60. The maximum atomic E-state index is 12.1. The lowest BCUT2D eigenvalue weighted by Crippen LogP contribution is -2.52. The highest BCUT2D eigenvalue weighted by molar-refractivity contribution is 9.10. The second-order valence-electron chi connectivity index (χ2n) is 5.82. The van der Waals surface area contributed by atoms with Crippen LogP contribution in [-0.4, -0.2) is 37.0 Å². The number of amides is 1. The Morgan fingerprint density at radius 2 is 1.95 bits per heavy atom. The number of nitrogens with one attached hydrogen (secondary N) is 1. The highest BCUT2D eigenvalue weighted by Gasteiger charge is 2.33. The van der Waals surface area contributed by atoms with Crippen molar-refractivity contribution in [3.63, 3.8) is 0 Å². The highest BCUT2D eigenvalue weighted by Crippen LogP contribution is 2.30. The van der Waals surface area contributed by atoms with Crippen LogP contribution in [0.2, 0.25) is 0 Å². The van der Waals surface area contributed by atoms with Crippen molar-refractivity contribution in [2.45, 2.75) is 44.1 Å². The fraction of sp³-hybridized carbons (Fsp3) is 0.667. The molecular formula is C15H23BrN2O2. The zero-order valence-electron chi connectivity index (χ0n) is 12.2. The molecule has 1 N–H and O–H groups in total. The quantitative estimate of drug-likeness (QED) is 0.852. The number of rotatable bonds is 4. The third kappa shape index (κ3) is 3.64. The van der Waals surface area contributed by atoms with E-state index in [1.165, 1.54) is 25.7 Å². The zero-order valence-corrected chi connectivity index (χ0v) is 13.8. The molecule has 0 aromatic carbocycles. The monoisotopic (exact) mass is 342 g/mol. The van der Waals surface area contributed by atoms with Gasteiger partial charge in [-0.3, -0.25) is 4.79 Å². The largest absolute Gasteiger partial charge is 0.444 e. The molecule has 4 nitrogen and oxygen atoms in total. The summed E-state index contributed by atoms with van der Waals surface area (Å²) in [5.74, 6) is 0.223. The van der Waals surface area contributed by atoms with E-state index in [4.69, 9.17) is 4.42 Å². The lowest BCUT2D eigenvalue weighted by Gasteiger charge is -2.39. The van der Waals surface area contributed by atoms with Crippen molar-refractivity contribution >= 4 is 21.8 Å². The van der Waals surface area contributed by atoms with Crippen molar-refractivity contribution in [3.05, 3.63) is 22.6 Å². The van der Waals surface area contributed by atoms with Gasteiger partial charge in [0.05, 0.1) is 0 Å². The fourth-order valence-corrected chi connectivity index (χ4v) is 3.24. The number of furan rings is 1. The minimum absolute atomic E-state index is 0.0794. The summed E-state index contributed by atoms with van der Waals surface area (Å²) in [5.41, 5.74) is 0.0794. The van der Waals surface area contributed by atoms with Crippen LogP contribution in [0.25, 0.3) is 0 Å². The fourth-order valence-electron chi connectivity index (χ4n) is 2.94. The molecule has 1 aromatic heterocycles. The Kier molecular flexibility index (Phi) is 5.27. The summed E-state index contributed by atoms with van der Waals surface area (Å²) in [6.45, 7) is 0.678. The van der Waals surface area contributed by atoms with Crippen molar-refractivity contribution in [2.75, 3.05) is 20.6 Å². The molecule has 0 bridgehead atoms. The van der Waals surface area contributed by atoms with Gasteiger partial charge in [-0.15, -0.1) is 0 Å². The van der Waals surface area contributed by atoms with Crippen LogP contribution in [0.4, 0.5) is 0 Å². The van der Waals surface area contributed by atoms with Gasteiger partial charge in [-0.25, -0.2) is 0 Å². The standard InChI is InChI=1S/C15H23BrN2O2/c1-18(2)15(9-5-3-4-6-10-15)11-17-14(19)12-7-8-13(16)20-12/h7-8H,3-6,9-11H2,1-2H3,(H,17,19). The predicted octanol–water partition coefficient (Wildman–Crippen LogP) is 3.43. The molecule has 1 fully saturated rings. The van der Waals surface area contributed by atoms with Crippen molar-refractivity contribution in [3.8, 4) is 0 Å². The van der Waals surface area contributed by atoms with E-state index < -0.39 is 0 Å². The Balaban J connectivity index is 2.00. The Morgan fingerprint density at radius 1 is 1.30 bits per heavy atom. The van der Waals surface area contributed by atoms with Gasteiger partial charge in [-0.2, -0.15) is 0 Å². The first-order valence-electron chi connectivity index (χ1n) is 7.24. The number of hydrogen-bond acceptors (Lipinski definition) is 3. The van der Waals surface area contributed by atoms with Crippen LogP contribution in [0.3, 0.4) is 0 Å². The van der Waals surface area contributed by atoms with Crippen molar-refractivity contribution in [1.82, 2.24) is 10.2 Å². The van der Waals surface area contributed by atoms with E-state index >= 15 is 0 Å². The lowest BCUT2D eigenvalue weighted by atomic mass is 9.88. The van der Waals surface area contributed by atoms with Crippen LogP contribution >= 0.6 is 15.9 Å². The van der Waals surface area contributed by atoms with Crippen LogP contribution < -0.4 is 5.32 Å². The first-order valence-corrected chi connectivity index (χ1v) is 8.04. The summed E-state index contributed by atoms with van der Waals surface area (Å²) in [4.78, 5) is 14.4. The average Bonchev–Trinajstić information content (AvgIpc) is 2.71. The van der Waals surface area contributed by atoms with Crippen LogP contribution in [0.15, 0.2) is 21.2 Å². The number of carbonyl (C=O) groups excluding carboxylic acids is 1. The van der Waals surface area contributed by atoms with Crippen molar-refractivity contribution < 1.29 is 9.21 Å². The molecule has 0 atom stereocenters. The smallest absolute Gasteiger partial charge is 0.287 e. The molecule has 0 unspecified atom stereocenters. The third-order valence-electron chi connectivity index (χ3n) is 4.36. The maximum Gasteiger partial charge on any atom is 0.287 e. The van der Waals surface area contributed by atoms with Crippen LogP contribution in [-0.2, 0) is 0 Å². The number of hydrogen-bond donors (Lipinski definition) is 1. The number of nitrogens with zero attached hydrogens (tertiary/aromatic N) is 1. The van der Waals surface area contributed by atoms with Gasteiger partial charge in [0.25, 0.3) is 5.91 Å². The van der Waals surface area contributed by atoms with Gasteiger partial charge < -0.3 is 14.6 Å². The van der Waals surface area contributed by atoms with E-state index in [0.717, 1.165) is 12.8 Å². The summed E-state index contributed by atoms with van der Waals surface area (Å²) in [5, 5.41) is 3.04. The van der Waals surface area contributed by atoms with E-state index in [1.807, 2.05) is 0 Å². The van der Waals surface area contributed by atoms with Gasteiger partial charge in [-0.05, 0) is 55.0 Å². The summed E-state index contributed by atoms with van der Waals surface area (Å²) >= 11 is 3.22. The zero-order chi connectivity index (χ0) is 14.6. The summed E-state index contributed by atoms with van der Waals surface area (Å²) in [6, 6.07) is 3.43. The van der Waals surface area contributed by atoms with Gasteiger partial charge in [0.1, 0.15) is 0 Å². The van der Waals surface area contributed by atoms with Gasteiger partial charge in [0, 0.05) is 12.1 Å². The molecule has 5 heteroatoms. The highest BCUT2D eigenvalue weighted by atomic mass is 79.9. The van der Waals surface area contributed by atoms with Gasteiger partial charge >= 0.3 is 0 Å². The lowest BCUT2D eigenvalue weighted by molar-refractivity contribution is 0.0843. The molecule has 20 heavy (non-hydrogen) atoms. The Morgan fingerprint density at radius 3 is 2.45 bits per heavy atom. The molecule has 1 heterocycles. The molecule has 2 rings (SSSR count). The minimum atomic E-state index is -0.138. The number of halogens is 1. The molecule has 0 aliphatic heterocycles. The predicted molar refractivity (Wildman–Crippen MR) is 82.9 cm³/mol. The Hall–Kier alpha value is -0.810. The molecule has 0 saturated heterocycles. The summed E-state index contributed by atoms with van der Waals surface area (Å²) in [6.07, 6.45) is 7.36. The van der Waals surface area contributed by atoms with Gasteiger partial charge in [0.2, 0.25) is 0 Å². The topological polar surface area (TPSA) is 45.5 Å². The SMILES string of the molecule is CN(C)C1(CNC(=O)c2ccc(Br)o2)CCCCCC1. The van der Waals surface area contributed by atoms with Crippen LogP contribution in [0.5, 0.6) is 0 Å². The molecule has 1 saturated carbocycles. The van der Waals surface area contributed by atoms with Crippen LogP contribution in [0.1, 0.15) is 49.1 Å². The van der Waals surface area contributed by atoms with Crippen LogP contribution in [0, 0.1) is 0 Å². The molecule has 1 amide bonds. The van der Waals surface area contributed by atoms with Gasteiger partial charge in [-0.1, -0.05) is 25.7 Å². The Labute approximate surface area is 129 Å². The first kappa shape index (κ1) is 15.6. The van der Waals surface area contributed by atoms with E-state index in [9.17, 15) is 4.79 Å². The molecule has 0 spiro atoms. The molecule has 1 aliphatic carbocycles. The van der Waals surface area contributed by atoms with Crippen molar-refractivity contribution in [1.29, 1.82) is 0 Å². The summed E-state index contributed by atoms with van der Waals surface area (Å²) < 4.78 is 5.88. The molecule has 112 valence electrons. The normalized spacial score (nSPS) is 18.8. The minimum Gasteiger partial charge on any atom is -0.444 e. The van der Waals surface area contributed by atoms with E-state index in [0.29, 0.717) is 17.0 Å². The summed E-state index contributed by atoms with van der Waals surface area (Å²) in [7, 11) is 4.22. The van der Waals surface area contributed by atoms with E-state index in [2.05, 4.69) is 40.2 Å². The Bertz CT molecular complexity index is 448. The van der Waals surface area contributed by atoms with Crippen molar-refractivity contribution in [2.24, 2.45) is 0 Å². The molecule has 1 aromatic rings. The number of likely N-dealkylation sites (N-methyl/N-ethyl adjacent to an activating group) is 1. The van der Waals surface area contributed by atoms with E-state index in [1.54, 1.807) is 12.1 Å². The van der Waals surface area contributed by atoms with Gasteiger partial charge in [0.15, 0.2) is 10.4 Å². The first-order chi connectivity index (χ1) is 9.53. The second kappa shape index (κ2) is 6.76. The maximum absolute atomic E-state index is 12.1. The van der Waals surface area contributed by atoms with E-state index in [-0.39, 0.29) is 11.4 Å². The molecule has 0 radical (unpaired) electrons. The number of carbonyl (C=O) groups is 1. The third-order valence-corrected chi connectivity index (χ3v) is 4.78. The average molecular weight is 343 g/mol. The molecular weight excluding hydrogens is 320 g/mol.